The van der Waals surface area contributed by atoms with Crippen LogP contribution in [0.1, 0.15) is 40.9 Å². The molecule has 0 spiro atoms. The van der Waals surface area contributed by atoms with Crippen LogP contribution in [-0.2, 0) is 27.3 Å². The molecule has 5 N–H and O–H groups in total. The van der Waals surface area contributed by atoms with Gasteiger partial charge in [0.2, 0.25) is 0 Å². The van der Waals surface area contributed by atoms with E-state index in [2.05, 4.69) is 15.6 Å². The van der Waals surface area contributed by atoms with Crippen LogP contribution in [0.25, 0.3) is 0 Å². The van der Waals surface area contributed by atoms with Crippen molar-refractivity contribution < 1.29 is 29.0 Å². The zero-order chi connectivity index (χ0) is 24.6. The maximum absolute atomic E-state index is 13.3. The van der Waals surface area contributed by atoms with Crippen molar-refractivity contribution >= 4 is 17.7 Å². The molecule has 2 aromatic rings. The molecule has 1 aliphatic rings. The number of ether oxygens (including phenoxy) is 2. The minimum atomic E-state index is -2.53. The fraction of sp³-hybridized carbons (Fsp3) is 0.417. The van der Waals surface area contributed by atoms with E-state index in [0.29, 0.717) is 37.2 Å². The molecule has 1 aromatic carbocycles. The van der Waals surface area contributed by atoms with Gasteiger partial charge in [-0.25, -0.2) is 4.79 Å². The number of ketones is 1. The average Bonchev–Trinajstić information content (AvgIpc) is 2.87. The fourth-order valence-corrected chi connectivity index (χ4v) is 3.68. The Labute approximate surface area is 197 Å². The molecule has 1 aromatic heterocycles. The van der Waals surface area contributed by atoms with Crippen LogP contribution in [0.2, 0.25) is 0 Å². The number of piperidine rings is 1. The Morgan fingerprint density at radius 2 is 1.82 bits per heavy atom. The van der Waals surface area contributed by atoms with Crippen molar-refractivity contribution in [1.82, 2.24) is 15.6 Å². The van der Waals surface area contributed by atoms with Gasteiger partial charge in [-0.3, -0.25) is 14.6 Å². The molecule has 10 nitrogen and oxygen atoms in total. The second kappa shape index (κ2) is 11.7. The second-order valence-electron chi connectivity index (χ2n) is 8.03. The summed E-state index contributed by atoms with van der Waals surface area (Å²) in [6.07, 6.45) is 2.07. The molecule has 1 unspecified atom stereocenters. The Hall–Kier alpha value is -3.34. The summed E-state index contributed by atoms with van der Waals surface area (Å²) in [4.78, 5) is 42.8. The minimum Gasteiger partial charge on any atom is -0.497 e. The van der Waals surface area contributed by atoms with E-state index < -0.39 is 29.5 Å². The maximum atomic E-state index is 13.3. The quantitative estimate of drug-likeness (QED) is 0.279. The number of rotatable bonds is 11. The van der Waals surface area contributed by atoms with Gasteiger partial charge in [0.1, 0.15) is 11.4 Å². The summed E-state index contributed by atoms with van der Waals surface area (Å²) in [7, 11) is 1.55. The number of pyridine rings is 1. The van der Waals surface area contributed by atoms with Gasteiger partial charge in [-0.05, 0) is 61.7 Å². The number of aliphatic carboxylic acids is 1. The zero-order valence-electron chi connectivity index (χ0n) is 19.1. The van der Waals surface area contributed by atoms with Crippen molar-refractivity contribution in [3.8, 4) is 5.75 Å². The number of Topliss-reactive ketones (excluding diaryl/α,β-unsaturated/α-hetero) is 1. The SMILES string of the molecule is COc1ccc(CCC(=O)C(NC(=O)c2ccc(CN)cn2)(OC2CCNCC2)C(=O)O)cc1. The molecule has 1 amide bonds. The summed E-state index contributed by atoms with van der Waals surface area (Å²) >= 11 is 0. The van der Waals surface area contributed by atoms with Gasteiger partial charge in [-0.2, -0.15) is 0 Å². The number of nitrogens with two attached hydrogens (primary N) is 1. The highest BCUT2D eigenvalue weighted by atomic mass is 16.6. The molecule has 1 fully saturated rings. The summed E-state index contributed by atoms with van der Waals surface area (Å²) in [5.74, 6) is -2.47. The normalized spacial score (nSPS) is 15.8. The van der Waals surface area contributed by atoms with Crippen LogP contribution in [0.3, 0.4) is 0 Å². The van der Waals surface area contributed by atoms with Crippen LogP contribution < -0.4 is 21.1 Å². The highest BCUT2D eigenvalue weighted by Gasteiger charge is 2.50. The third kappa shape index (κ3) is 6.16. The summed E-state index contributed by atoms with van der Waals surface area (Å²) in [5, 5.41) is 15.6. The van der Waals surface area contributed by atoms with Gasteiger partial charge in [0.15, 0.2) is 5.78 Å². The van der Waals surface area contributed by atoms with Crippen LogP contribution in [0, 0.1) is 0 Å². The molecule has 1 saturated heterocycles. The van der Waals surface area contributed by atoms with E-state index in [1.54, 1.807) is 37.4 Å². The first-order chi connectivity index (χ1) is 16.4. The number of hydrogen-bond acceptors (Lipinski definition) is 8. The van der Waals surface area contributed by atoms with Gasteiger partial charge in [-0.15, -0.1) is 0 Å². The van der Waals surface area contributed by atoms with Gasteiger partial charge in [0, 0.05) is 19.2 Å². The third-order valence-electron chi connectivity index (χ3n) is 5.71. The number of methoxy groups -OCH3 is 1. The van der Waals surface area contributed by atoms with E-state index in [9.17, 15) is 19.5 Å². The first-order valence-electron chi connectivity index (χ1n) is 11.1. The molecule has 0 radical (unpaired) electrons. The number of aryl methyl sites for hydroxylation is 1. The number of amides is 1. The Kier molecular flexibility index (Phi) is 8.69. The van der Waals surface area contributed by atoms with Crippen molar-refractivity contribution in [2.24, 2.45) is 5.73 Å². The number of nitrogens with one attached hydrogen (secondary N) is 2. The number of carboxylic acids is 1. The average molecular weight is 471 g/mol. The molecule has 1 atom stereocenters. The van der Waals surface area contributed by atoms with E-state index in [4.69, 9.17) is 15.2 Å². The monoisotopic (exact) mass is 470 g/mol. The first kappa shape index (κ1) is 25.3. The van der Waals surface area contributed by atoms with E-state index in [1.807, 2.05) is 0 Å². The Morgan fingerprint density at radius 3 is 2.38 bits per heavy atom. The number of carbonyl (C=O) groups is 3. The Balaban J connectivity index is 1.83. The molecule has 0 bridgehead atoms. The zero-order valence-corrected chi connectivity index (χ0v) is 19.1. The minimum absolute atomic E-state index is 0.0420. The lowest BCUT2D eigenvalue weighted by molar-refractivity contribution is -0.185. The molecule has 182 valence electrons. The lowest BCUT2D eigenvalue weighted by Crippen LogP contribution is -2.64. The summed E-state index contributed by atoms with van der Waals surface area (Å²) in [6.45, 7) is 1.49. The number of carboxylic acid groups (broad SMARTS) is 1. The first-order valence-corrected chi connectivity index (χ1v) is 11.1. The summed E-state index contributed by atoms with van der Waals surface area (Å²) < 4.78 is 11.0. The van der Waals surface area contributed by atoms with Crippen LogP contribution in [-0.4, -0.2) is 59.8 Å². The third-order valence-corrected chi connectivity index (χ3v) is 5.71. The van der Waals surface area contributed by atoms with Gasteiger partial charge in [-0.1, -0.05) is 18.2 Å². The van der Waals surface area contributed by atoms with Crippen molar-refractivity contribution in [2.75, 3.05) is 20.2 Å². The maximum Gasteiger partial charge on any atom is 0.365 e. The van der Waals surface area contributed by atoms with Crippen LogP contribution >= 0.6 is 0 Å². The van der Waals surface area contributed by atoms with Crippen molar-refractivity contribution in [2.45, 2.75) is 44.1 Å². The Morgan fingerprint density at radius 1 is 1.15 bits per heavy atom. The van der Waals surface area contributed by atoms with Gasteiger partial charge < -0.3 is 30.9 Å². The molecule has 1 aliphatic heterocycles. The van der Waals surface area contributed by atoms with Crippen LogP contribution in [0.5, 0.6) is 5.75 Å². The second-order valence-corrected chi connectivity index (χ2v) is 8.03. The molecule has 34 heavy (non-hydrogen) atoms. The molecule has 0 aliphatic carbocycles. The van der Waals surface area contributed by atoms with Gasteiger partial charge >= 0.3 is 11.7 Å². The predicted octanol–water partition coefficient (Wildman–Crippen LogP) is 1.03. The van der Waals surface area contributed by atoms with Gasteiger partial charge in [0.25, 0.3) is 5.91 Å². The van der Waals surface area contributed by atoms with Crippen molar-refractivity contribution in [3.05, 3.63) is 59.4 Å². The molecular formula is C24H30N4O6. The van der Waals surface area contributed by atoms with Crippen molar-refractivity contribution in [3.63, 3.8) is 0 Å². The fourth-order valence-electron chi connectivity index (χ4n) is 3.68. The topological polar surface area (TPSA) is 153 Å². The predicted molar refractivity (Wildman–Crippen MR) is 123 cm³/mol. The van der Waals surface area contributed by atoms with E-state index in [-0.39, 0.29) is 25.1 Å². The molecular weight excluding hydrogens is 440 g/mol. The number of hydrogen-bond donors (Lipinski definition) is 4. The lowest BCUT2D eigenvalue weighted by atomic mass is 9.98. The summed E-state index contributed by atoms with van der Waals surface area (Å²) in [6, 6.07) is 10.1. The lowest BCUT2D eigenvalue weighted by Gasteiger charge is -2.34. The molecule has 2 heterocycles. The number of carbonyl (C=O) groups excluding carboxylic acids is 2. The Bertz CT molecular complexity index is 990. The van der Waals surface area contributed by atoms with Gasteiger partial charge in [0.05, 0.1) is 13.2 Å². The van der Waals surface area contributed by atoms with E-state index in [0.717, 1.165) is 5.56 Å². The van der Waals surface area contributed by atoms with Crippen LogP contribution in [0.4, 0.5) is 0 Å². The largest absolute Gasteiger partial charge is 0.497 e. The molecule has 3 rings (SSSR count). The van der Waals surface area contributed by atoms with E-state index >= 15 is 0 Å². The number of benzene rings is 1. The molecule has 10 heteroatoms. The van der Waals surface area contributed by atoms with Crippen molar-refractivity contribution in [1.29, 1.82) is 0 Å². The number of aromatic nitrogens is 1. The standard InChI is InChI=1S/C24H30N4O6/c1-33-18-6-2-16(3-7-18)5-9-21(29)24(23(31)32,34-19-10-12-26-13-11-19)28-22(30)20-8-4-17(14-25)15-27-20/h2-4,6-8,15,19,26H,5,9-14,25H2,1H3,(H,28,30)(H,31,32). The summed E-state index contributed by atoms with van der Waals surface area (Å²) in [5.41, 5.74) is 4.52. The highest BCUT2D eigenvalue weighted by Crippen LogP contribution is 2.22. The number of nitrogens with zero attached hydrogens (tertiary/aromatic N) is 1. The van der Waals surface area contributed by atoms with E-state index in [1.165, 1.54) is 12.3 Å². The smallest absolute Gasteiger partial charge is 0.365 e. The highest BCUT2D eigenvalue weighted by molar-refractivity contribution is 6.10. The molecule has 0 saturated carbocycles. The van der Waals surface area contributed by atoms with Crippen LogP contribution in [0.15, 0.2) is 42.6 Å².